The second-order valence-electron chi connectivity index (χ2n) is 6.03. The lowest BCUT2D eigenvalue weighted by atomic mass is 10.0. The summed E-state index contributed by atoms with van der Waals surface area (Å²) in [4.78, 5) is 12.0. The van der Waals surface area contributed by atoms with Crippen LogP contribution >= 0.6 is 0 Å². The van der Waals surface area contributed by atoms with Crippen LogP contribution in [-0.2, 0) is 6.42 Å². The molecule has 1 fully saturated rings. The van der Waals surface area contributed by atoms with Gasteiger partial charge in [-0.2, -0.15) is 0 Å². The van der Waals surface area contributed by atoms with Crippen molar-refractivity contribution in [2.75, 3.05) is 6.61 Å². The number of hydrogen-bond acceptors (Lipinski definition) is 2. The van der Waals surface area contributed by atoms with Crippen molar-refractivity contribution >= 4 is 6.03 Å². The number of carbonyl (C=O) groups excluding carboxylic acids is 1. The molecule has 1 saturated carbocycles. The van der Waals surface area contributed by atoms with Gasteiger partial charge in [0.15, 0.2) is 0 Å². The zero-order valence-corrected chi connectivity index (χ0v) is 12.9. The molecule has 0 aliphatic heterocycles. The highest BCUT2D eigenvalue weighted by Crippen LogP contribution is 2.33. The summed E-state index contributed by atoms with van der Waals surface area (Å²) in [5.41, 5.74) is 2.18. The predicted molar refractivity (Wildman–Crippen MR) is 84.1 cm³/mol. The summed E-state index contributed by atoms with van der Waals surface area (Å²) in [5.74, 6) is 0.788. The lowest BCUT2D eigenvalue weighted by molar-refractivity contribution is 0.214. The van der Waals surface area contributed by atoms with E-state index in [2.05, 4.69) is 17.6 Å². The van der Waals surface area contributed by atoms with E-state index in [1.165, 1.54) is 18.4 Å². The van der Waals surface area contributed by atoms with Gasteiger partial charge in [-0.3, -0.25) is 0 Å². The fourth-order valence-electron chi connectivity index (χ4n) is 2.56. The number of aryl methyl sites for hydroxylation is 1. The minimum absolute atomic E-state index is 0.101. The molecule has 0 radical (unpaired) electrons. The number of carbonyl (C=O) groups is 1. The van der Waals surface area contributed by atoms with Crippen LogP contribution in [0.5, 0.6) is 0 Å². The summed E-state index contributed by atoms with van der Waals surface area (Å²) >= 11 is 0. The number of aliphatic hydroxyl groups is 1. The lowest BCUT2D eigenvalue weighted by Crippen LogP contribution is -2.43. The number of rotatable bonds is 7. The molecule has 1 aromatic rings. The maximum Gasteiger partial charge on any atom is 0.315 e. The third-order valence-corrected chi connectivity index (χ3v) is 4.04. The van der Waals surface area contributed by atoms with Crippen molar-refractivity contribution in [3.8, 4) is 0 Å². The number of hydrogen-bond donors (Lipinski definition) is 3. The standard InChI is InChI=1S/C17H26N2O2/c1-3-13-6-8-15(9-7-13)16(11-20)19-17(21)18-12(2)10-14-4-5-14/h6-9,12,14,16,20H,3-5,10-11H2,1-2H3,(H2,18,19,21). The molecule has 3 N–H and O–H groups in total. The van der Waals surface area contributed by atoms with Gasteiger partial charge in [0.05, 0.1) is 12.6 Å². The lowest BCUT2D eigenvalue weighted by Gasteiger charge is -2.20. The average molecular weight is 290 g/mol. The van der Waals surface area contributed by atoms with Gasteiger partial charge >= 0.3 is 6.03 Å². The van der Waals surface area contributed by atoms with Crippen molar-refractivity contribution in [1.82, 2.24) is 10.6 Å². The first-order valence-corrected chi connectivity index (χ1v) is 7.89. The zero-order chi connectivity index (χ0) is 15.2. The number of urea groups is 1. The van der Waals surface area contributed by atoms with Crippen molar-refractivity contribution in [1.29, 1.82) is 0 Å². The topological polar surface area (TPSA) is 61.4 Å². The van der Waals surface area contributed by atoms with Crippen LogP contribution in [0.1, 0.15) is 50.3 Å². The molecule has 4 nitrogen and oxygen atoms in total. The van der Waals surface area contributed by atoms with Crippen LogP contribution in [0, 0.1) is 5.92 Å². The highest BCUT2D eigenvalue weighted by Gasteiger charge is 2.24. The number of nitrogens with one attached hydrogen (secondary N) is 2. The van der Waals surface area contributed by atoms with E-state index in [9.17, 15) is 9.90 Å². The zero-order valence-electron chi connectivity index (χ0n) is 12.9. The van der Waals surface area contributed by atoms with Crippen LogP contribution < -0.4 is 10.6 Å². The number of aliphatic hydroxyl groups excluding tert-OH is 1. The summed E-state index contributed by atoms with van der Waals surface area (Å²) in [6.07, 6.45) is 4.60. The van der Waals surface area contributed by atoms with E-state index in [1.807, 2.05) is 31.2 Å². The van der Waals surface area contributed by atoms with Crippen molar-refractivity contribution in [2.24, 2.45) is 5.92 Å². The number of benzene rings is 1. The quantitative estimate of drug-likeness (QED) is 0.723. The van der Waals surface area contributed by atoms with Crippen LogP contribution in [0.2, 0.25) is 0 Å². The Bertz CT molecular complexity index is 454. The van der Waals surface area contributed by atoms with E-state index in [4.69, 9.17) is 0 Å². The second kappa shape index (κ2) is 7.46. The molecule has 116 valence electrons. The Morgan fingerprint density at radius 2 is 1.95 bits per heavy atom. The van der Waals surface area contributed by atoms with E-state index >= 15 is 0 Å². The van der Waals surface area contributed by atoms with E-state index in [-0.39, 0.29) is 24.7 Å². The van der Waals surface area contributed by atoms with Gasteiger partial charge in [0.2, 0.25) is 0 Å². The molecule has 0 saturated heterocycles. The summed E-state index contributed by atoms with van der Waals surface area (Å²) in [6, 6.07) is 7.62. The predicted octanol–water partition coefficient (Wildman–Crippen LogP) is 2.77. The Hall–Kier alpha value is -1.55. The molecule has 1 aliphatic rings. The molecular weight excluding hydrogens is 264 g/mol. The fourth-order valence-corrected chi connectivity index (χ4v) is 2.56. The van der Waals surface area contributed by atoms with Crippen molar-refractivity contribution in [2.45, 2.75) is 51.6 Å². The third kappa shape index (κ3) is 5.05. The van der Waals surface area contributed by atoms with Gasteiger partial charge in [0.25, 0.3) is 0 Å². The molecule has 21 heavy (non-hydrogen) atoms. The minimum atomic E-state index is -0.357. The maximum atomic E-state index is 12.0. The van der Waals surface area contributed by atoms with Crippen molar-refractivity contribution in [3.05, 3.63) is 35.4 Å². The van der Waals surface area contributed by atoms with Gasteiger partial charge in [-0.1, -0.05) is 44.0 Å². The Kier molecular flexibility index (Phi) is 5.62. The molecule has 0 spiro atoms. The minimum Gasteiger partial charge on any atom is -0.394 e. The Balaban J connectivity index is 1.86. The van der Waals surface area contributed by atoms with Crippen LogP contribution in [0.4, 0.5) is 4.79 Å². The van der Waals surface area contributed by atoms with E-state index in [0.29, 0.717) is 0 Å². The largest absolute Gasteiger partial charge is 0.394 e. The van der Waals surface area contributed by atoms with Crippen LogP contribution in [0.15, 0.2) is 24.3 Å². The highest BCUT2D eigenvalue weighted by molar-refractivity contribution is 5.74. The van der Waals surface area contributed by atoms with Gasteiger partial charge in [-0.15, -0.1) is 0 Å². The Morgan fingerprint density at radius 3 is 2.48 bits per heavy atom. The second-order valence-corrected chi connectivity index (χ2v) is 6.03. The summed E-state index contributed by atoms with van der Waals surface area (Å²) in [5, 5.41) is 15.3. The first-order chi connectivity index (χ1) is 10.1. The first kappa shape index (κ1) is 15.8. The molecule has 0 aromatic heterocycles. The highest BCUT2D eigenvalue weighted by atomic mass is 16.3. The SMILES string of the molecule is CCc1ccc(C(CO)NC(=O)NC(C)CC2CC2)cc1. The first-order valence-electron chi connectivity index (χ1n) is 7.89. The molecule has 2 atom stereocenters. The summed E-state index contributed by atoms with van der Waals surface area (Å²) < 4.78 is 0. The van der Waals surface area contributed by atoms with E-state index in [0.717, 1.165) is 24.3 Å². The molecule has 1 aromatic carbocycles. The van der Waals surface area contributed by atoms with Gasteiger partial charge < -0.3 is 15.7 Å². The third-order valence-electron chi connectivity index (χ3n) is 4.04. The fraction of sp³-hybridized carbons (Fsp3) is 0.588. The molecule has 0 heterocycles. The summed E-state index contributed by atoms with van der Waals surface area (Å²) in [7, 11) is 0. The van der Waals surface area contributed by atoms with Gasteiger partial charge in [0.1, 0.15) is 0 Å². The number of amides is 2. The molecule has 1 aliphatic carbocycles. The molecule has 2 amide bonds. The maximum absolute atomic E-state index is 12.0. The van der Waals surface area contributed by atoms with E-state index in [1.54, 1.807) is 0 Å². The normalized spacial score (nSPS) is 17.1. The average Bonchev–Trinajstić information content (AvgIpc) is 3.28. The van der Waals surface area contributed by atoms with Gasteiger partial charge in [-0.25, -0.2) is 4.79 Å². The molecular formula is C17H26N2O2. The van der Waals surface area contributed by atoms with Gasteiger partial charge in [0, 0.05) is 6.04 Å². The Labute approximate surface area is 126 Å². The van der Waals surface area contributed by atoms with Crippen molar-refractivity contribution < 1.29 is 9.90 Å². The summed E-state index contributed by atoms with van der Waals surface area (Å²) in [6.45, 7) is 4.03. The van der Waals surface area contributed by atoms with Crippen LogP contribution in [-0.4, -0.2) is 23.8 Å². The van der Waals surface area contributed by atoms with E-state index < -0.39 is 0 Å². The molecule has 4 heteroatoms. The molecule has 0 bridgehead atoms. The monoisotopic (exact) mass is 290 g/mol. The van der Waals surface area contributed by atoms with Crippen LogP contribution in [0.25, 0.3) is 0 Å². The van der Waals surface area contributed by atoms with Crippen molar-refractivity contribution in [3.63, 3.8) is 0 Å². The molecule has 2 rings (SSSR count). The molecule has 2 unspecified atom stereocenters. The smallest absolute Gasteiger partial charge is 0.315 e. The van der Waals surface area contributed by atoms with Crippen LogP contribution in [0.3, 0.4) is 0 Å². The van der Waals surface area contributed by atoms with Gasteiger partial charge in [-0.05, 0) is 36.8 Å². The Morgan fingerprint density at radius 1 is 1.29 bits per heavy atom.